The topological polar surface area (TPSA) is 66.5 Å². The lowest BCUT2D eigenvalue weighted by Crippen LogP contribution is -2.38. The summed E-state index contributed by atoms with van der Waals surface area (Å²) in [4.78, 5) is 12.7. The number of benzene rings is 3. The third-order valence-electron chi connectivity index (χ3n) is 4.45. The van der Waals surface area contributed by atoms with Crippen LogP contribution in [0.5, 0.6) is 0 Å². The van der Waals surface area contributed by atoms with Crippen LogP contribution in [0.4, 0.5) is 15.8 Å². The van der Waals surface area contributed by atoms with Gasteiger partial charge in [0.05, 0.1) is 10.6 Å². The molecule has 0 atom stereocenters. The van der Waals surface area contributed by atoms with Crippen LogP contribution < -0.4 is 9.62 Å². The van der Waals surface area contributed by atoms with Crippen molar-refractivity contribution in [1.29, 1.82) is 0 Å². The van der Waals surface area contributed by atoms with E-state index < -0.39 is 28.3 Å². The second-order valence-corrected chi connectivity index (χ2v) is 9.11. The maximum atomic E-state index is 13.4. The molecular formula is C22H20ClFN2O3S. The molecule has 0 aliphatic rings. The van der Waals surface area contributed by atoms with Gasteiger partial charge in [-0.1, -0.05) is 29.3 Å². The summed E-state index contributed by atoms with van der Waals surface area (Å²) in [6.07, 6.45) is 0. The van der Waals surface area contributed by atoms with Gasteiger partial charge >= 0.3 is 0 Å². The first-order valence-corrected chi connectivity index (χ1v) is 10.9. The van der Waals surface area contributed by atoms with Gasteiger partial charge in [-0.3, -0.25) is 9.10 Å². The van der Waals surface area contributed by atoms with Gasteiger partial charge in [-0.2, -0.15) is 0 Å². The highest BCUT2D eigenvalue weighted by atomic mass is 35.5. The SMILES string of the molecule is Cc1ccc(S(=O)(=O)N(CC(=O)Nc2ccc(F)cc2)c2ccc(Cl)cc2C)cc1. The van der Waals surface area contributed by atoms with Crippen LogP contribution in [0.25, 0.3) is 0 Å². The molecule has 1 amide bonds. The third-order valence-corrected chi connectivity index (χ3v) is 6.46. The van der Waals surface area contributed by atoms with Gasteiger partial charge in [0.15, 0.2) is 0 Å². The van der Waals surface area contributed by atoms with E-state index in [2.05, 4.69) is 5.32 Å². The first kappa shape index (κ1) is 21.8. The van der Waals surface area contributed by atoms with Gasteiger partial charge in [-0.25, -0.2) is 12.8 Å². The average Bonchev–Trinajstić information content (AvgIpc) is 2.69. The van der Waals surface area contributed by atoms with E-state index in [0.29, 0.717) is 22.0 Å². The van der Waals surface area contributed by atoms with E-state index in [4.69, 9.17) is 11.6 Å². The Balaban J connectivity index is 1.97. The minimum absolute atomic E-state index is 0.0667. The largest absolute Gasteiger partial charge is 0.325 e. The van der Waals surface area contributed by atoms with Gasteiger partial charge in [0.2, 0.25) is 5.91 Å². The van der Waals surface area contributed by atoms with Crippen LogP contribution >= 0.6 is 11.6 Å². The molecule has 0 radical (unpaired) electrons. The zero-order chi connectivity index (χ0) is 21.9. The quantitative estimate of drug-likeness (QED) is 0.583. The molecule has 0 aliphatic heterocycles. The zero-order valence-electron chi connectivity index (χ0n) is 16.4. The Morgan fingerprint density at radius 2 is 1.63 bits per heavy atom. The Hall–Kier alpha value is -2.90. The van der Waals surface area contributed by atoms with E-state index in [0.717, 1.165) is 9.87 Å². The molecule has 156 valence electrons. The summed E-state index contributed by atoms with van der Waals surface area (Å²) in [5.41, 5.74) is 2.22. The van der Waals surface area contributed by atoms with Gasteiger partial charge in [-0.05, 0) is 74.0 Å². The number of rotatable bonds is 6. The lowest BCUT2D eigenvalue weighted by Gasteiger charge is -2.26. The van der Waals surface area contributed by atoms with Crippen LogP contribution in [-0.2, 0) is 14.8 Å². The summed E-state index contributed by atoms with van der Waals surface area (Å²) >= 11 is 6.02. The maximum Gasteiger partial charge on any atom is 0.264 e. The van der Waals surface area contributed by atoms with Crippen LogP contribution in [-0.4, -0.2) is 20.9 Å². The Bertz CT molecular complexity index is 1160. The van der Waals surface area contributed by atoms with Crippen LogP contribution in [0.15, 0.2) is 71.6 Å². The summed E-state index contributed by atoms with van der Waals surface area (Å²) in [5.74, 6) is -1.000. The predicted molar refractivity (Wildman–Crippen MR) is 117 cm³/mol. The van der Waals surface area contributed by atoms with Crippen molar-refractivity contribution in [3.8, 4) is 0 Å². The molecule has 1 N–H and O–H groups in total. The monoisotopic (exact) mass is 446 g/mol. The zero-order valence-corrected chi connectivity index (χ0v) is 18.0. The minimum atomic E-state index is -4.03. The van der Waals surface area contributed by atoms with E-state index in [1.54, 1.807) is 37.3 Å². The van der Waals surface area contributed by atoms with Gasteiger partial charge in [0.1, 0.15) is 12.4 Å². The molecule has 0 fully saturated rings. The Morgan fingerprint density at radius 3 is 2.23 bits per heavy atom. The van der Waals surface area contributed by atoms with Gasteiger partial charge in [-0.15, -0.1) is 0 Å². The van der Waals surface area contributed by atoms with E-state index >= 15 is 0 Å². The van der Waals surface area contributed by atoms with E-state index in [1.807, 2.05) is 6.92 Å². The number of sulfonamides is 1. The summed E-state index contributed by atoms with van der Waals surface area (Å²) in [6.45, 7) is 3.11. The van der Waals surface area contributed by atoms with Crippen LogP contribution in [0.2, 0.25) is 5.02 Å². The van der Waals surface area contributed by atoms with Gasteiger partial charge < -0.3 is 5.32 Å². The highest BCUT2D eigenvalue weighted by molar-refractivity contribution is 7.92. The summed E-state index contributed by atoms with van der Waals surface area (Å²) in [6, 6.07) is 16.4. The number of hydrogen-bond acceptors (Lipinski definition) is 3. The fourth-order valence-electron chi connectivity index (χ4n) is 2.90. The first-order valence-electron chi connectivity index (χ1n) is 9.08. The summed E-state index contributed by atoms with van der Waals surface area (Å²) < 4.78 is 40.9. The Morgan fingerprint density at radius 1 is 1.00 bits per heavy atom. The average molecular weight is 447 g/mol. The number of nitrogens with zero attached hydrogens (tertiary/aromatic N) is 1. The van der Waals surface area contributed by atoms with Gasteiger partial charge in [0, 0.05) is 10.7 Å². The number of hydrogen-bond donors (Lipinski definition) is 1. The molecule has 5 nitrogen and oxygen atoms in total. The smallest absolute Gasteiger partial charge is 0.264 e. The van der Waals surface area contributed by atoms with Crippen LogP contribution in [0.1, 0.15) is 11.1 Å². The molecule has 0 saturated carbocycles. The standard InChI is InChI=1S/C22H20ClFN2O3S/c1-15-3-10-20(11-4-15)30(28,29)26(21-12-5-17(23)13-16(21)2)14-22(27)25-19-8-6-18(24)7-9-19/h3-13H,14H2,1-2H3,(H,25,27). The van der Waals surface area contributed by atoms with Crippen molar-refractivity contribution in [3.05, 3.63) is 88.7 Å². The molecule has 3 aromatic carbocycles. The minimum Gasteiger partial charge on any atom is -0.325 e. The molecule has 0 spiro atoms. The van der Waals surface area contributed by atoms with Crippen molar-refractivity contribution >= 4 is 38.9 Å². The van der Waals surface area contributed by atoms with E-state index in [9.17, 15) is 17.6 Å². The molecule has 30 heavy (non-hydrogen) atoms. The van der Waals surface area contributed by atoms with Crippen molar-refractivity contribution < 1.29 is 17.6 Å². The molecule has 3 aromatic rings. The number of carbonyl (C=O) groups is 1. The number of anilines is 2. The normalized spacial score (nSPS) is 11.2. The molecule has 0 aliphatic carbocycles. The molecule has 0 heterocycles. The molecule has 0 bridgehead atoms. The second kappa shape index (κ2) is 8.85. The molecule has 0 aromatic heterocycles. The first-order chi connectivity index (χ1) is 14.2. The van der Waals surface area contributed by atoms with Crippen molar-refractivity contribution in [1.82, 2.24) is 0 Å². The molecule has 0 unspecified atom stereocenters. The van der Waals surface area contributed by atoms with Crippen LogP contribution in [0, 0.1) is 19.7 Å². The maximum absolute atomic E-state index is 13.4. The van der Waals surface area contributed by atoms with E-state index in [1.165, 1.54) is 36.4 Å². The fourth-order valence-corrected chi connectivity index (χ4v) is 4.61. The van der Waals surface area contributed by atoms with Crippen molar-refractivity contribution in [2.24, 2.45) is 0 Å². The molecule has 3 rings (SSSR count). The number of nitrogens with one attached hydrogen (secondary N) is 1. The van der Waals surface area contributed by atoms with Crippen molar-refractivity contribution in [3.63, 3.8) is 0 Å². The van der Waals surface area contributed by atoms with Gasteiger partial charge in [0.25, 0.3) is 10.0 Å². The van der Waals surface area contributed by atoms with Crippen LogP contribution in [0.3, 0.4) is 0 Å². The second-order valence-electron chi connectivity index (χ2n) is 6.81. The lowest BCUT2D eigenvalue weighted by atomic mass is 10.2. The highest BCUT2D eigenvalue weighted by Crippen LogP contribution is 2.29. The Labute approximate surface area is 180 Å². The third kappa shape index (κ3) is 4.98. The van der Waals surface area contributed by atoms with Crippen molar-refractivity contribution in [2.45, 2.75) is 18.7 Å². The number of carbonyl (C=O) groups excluding carboxylic acids is 1. The molecule has 8 heteroatoms. The molecule has 0 saturated heterocycles. The molecular weight excluding hydrogens is 427 g/mol. The summed E-state index contributed by atoms with van der Waals surface area (Å²) in [5, 5.41) is 3.05. The fraction of sp³-hybridized carbons (Fsp3) is 0.136. The highest BCUT2D eigenvalue weighted by Gasteiger charge is 2.28. The Kier molecular flexibility index (Phi) is 6.43. The number of aryl methyl sites for hydroxylation is 2. The predicted octanol–water partition coefficient (Wildman–Crippen LogP) is 4.93. The lowest BCUT2D eigenvalue weighted by molar-refractivity contribution is -0.114. The number of halogens is 2. The van der Waals surface area contributed by atoms with E-state index in [-0.39, 0.29) is 4.90 Å². The van der Waals surface area contributed by atoms with Crippen molar-refractivity contribution in [2.75, 3.05) is 16.2 Å². The summed E-state index contributed by atoms with van der Waals surface area (Å²) in [7, 11) is -4.03. The number of amides is 1.